The van der Waals surface area contributed by atoms with E-state index < -0.39 is 21.5 Å². The SMILES string of the molecule is CC(C)(C)OC(=O)NCCC(=O)N=C1S[C@H]2CS(=O)(=O)C[C@H]2N1[C@@H]1C[C@@H]2CC[C@@H]1C2. The van der Waals surface area contributed by atoms with Crippen LogP contribution in [-0.2, 0) is 19.4 Å². The molecule has 4 fully saturated rings. The van der Waals surface area contributed by atoms with Crippen molar-refractivity contribution >= 4 is 38.8 Å². The third-order valence-corrected chi connectivity index (χ3v) is 9.62. The summed E-state index contributed by atoms with van der Waals surface area (Å²) < 4.78 is 29.6. The van der Waals surface area contributed by atoms with E-state index in [1.165, 1.54) is 31.0 Å². The second kappa shape index (κ2) is 8.00. The van der Waals surface area contributed by atoms with Crippen molar-refractivity contribution < 1.29 is 22.7 Å². The number of amides is 2. The van der Waals surface area contributed by atoms with Crippen LogP contribution in [0, 0.1) is 11.8 Å². The van der Waals surface area contributed by atoms with Crippen LogP contribution in [0.2, 0.25) is 0 Å². The Morgan fingerprint density at radius 1 is 1.20 bits per heavy atom. The van der Waals surface area contributed by atoms with Crippen LogP contribution in [0.4, 0.5) is 4.79 Å². The molecule has 1 N–H and O–H groups in total. The smallest absolute Gasteiger partial charge is 0.407 e. The van der Waals surface area contributed by atoms with Gasteiger partial charge in [0.15, 0.2) is 15.0 Å². The number of fused-ring (bicyclic) bond motifs is 3. The Balaban J connectivity index is 1.41. The number of alkyl carbamates (subject to hydrolysis) is 1. The zero-order chi connectivity index (χ0) is 21.7. The van der Waals surface area contributed by atoms with Crippen molar-refractivity contribution in [1.29, 1.82) is 0 Å². The quantitative estimate of drug-likeness (QED) is 0.690. The average Bonchev–Trinajstić information content (AvgIpc) is 3.32. The highest BCUT2D eigenvalue weighted by atomic mass is 32.2. The predicted octanol–water partition coefficient (Wildman–Crippen LogP) is 2.19. The van der Waals surface area contributed by atoms with Crippen LogP contribution in [0.25, 0.3) is 0 Å². The lowest BCUT2D eigenvalue weighted by atomic mass is 9.93. The molecule has 8 nitrogen and oxygen atoms in total. The number of carbonyl (C=O) groups is 2. The summed E-state index contributed by atoms with van der Waals surface area (Å²) >= 11 is 1.45. The molecule has 0 spiro atoms. The number of nitrogens with zero attached hydrogens (tertiary/aromatic N) is 2. The molecule has 168 valence electrons. The summed E-state index contributed by atoms with van der Waals surface area (Å²) in [6.45, 7) is 5.50. The summed E-state index contributed by atoms with van der Waals surface area (Å²) in [5, 5.41) is 3.22. The Hall–Kier alpha value is -1.29. The summed E-state index contributed by atoms with van der Waals surface area (Å²) in [6.07, 6.45) is 4.25. The highest BCUT2D eigenvalue weighted by Gasteiger charge is 2.54. The van der Waals surface area contributed by atoms with Gasteiger partial charge in [-0.3, -0.25) is 4.79 Å². The Morgan fingerprint density at radius 2 is 1.97 bits per heavy atom. The maximum atomic E-state index is 12.5. The normalized spacial score (nSPS) is 35.6. The zero-order valence-corrected chi connectivity index (χ0v) is 19.4. The molecule has 0 aromatic carbocycles. The van der Waals surface area contributed by atoms with Gasteiger partial charge in [-0.15, -0.1) is 0 Å². The minimum Gasteiger partial charge on any atom is -0.444 e. The molecule has 2 saturated heterocycles. The molecule has 2 saturated carbocycles. The maximum Gasteiger partial charge on any atom is 0.407 e. The number of aliphatic imine (C=N–C) groups is 1. The minimum atomic E-state index is -3.04. The van der Waals surface area contributed by atoms with Gasteiger partial charge in [0.05, 0.1) is 17.5 Å². The lowest BCUT2D eigenvalue weighted by Crippen LogP contribution is -2.47. The van der Waals surface area contributed by atoms with Gasteiger partial charge < -0.3 is 15.0 Å². The summed E-state index contributed by atoms with van der Waals surface area (Å²) in [5.74, 6) is 1.31. The lowest BCUT2D eigenvalue weighted by molar-refractivity contribution is -0.117. The third kappa shape index (κ3) is 4.79. The molecular weight excluding hydrogens is 426 g/mol. The largest absolute Gasteiger partial charge is 0.444 e. The zero-order valence-electron chi connectivity index (χ0n) is 17.8. The van der Waals surface area contributed by atoms with Crippen molar-refractivity contribution in [3.8, 4) is 0 Å². The Kier molecular flexibility index (Phi) is 5.85. The van der Waals surface area contributed by atoms with Crippen molar-refractivity contribution in [2.75, 3.05) is 18.1 Å². The number of rotatable bonds is 4. The Morgan fingerprint density at radius 3 is 2.60 bits per heavy atom. The lowest BCUT2D eigenvalue weighted by Gasteiger charge is -2.36. The first-order chi connectivity index (χ1) is 14.0. The second-order valence-corrected chi connectivity index (χ2v) is 13.3. The molecule has 2 heterocycles. The molecule has 2 amide bonds. The van der Waals surface area contributed by atoms with Crippen molar-refractivity contribution in [2.24, 2.45) is 16.8 Å². The molecule has 4 rings (SSSR count). The number of hydrogen-bond donors (Lipinski definition) is 1. The van der Waals surface area contributed by atoms with Crippen LogP contribution in [0.5, 0.6) is 0 Å². The fraction of sp³-hybridized carbons (Fsp3) is 0.850. The van der Waals surface area contributed by atoms with E-state index in [9.17, 15) is 18.0 Å². The van der Waals surface area contributed by atoms with Crippen LogP contribution < -0.4 is 5.32 Å². The van der Waals surface area contributed by atoms with E-state index >= 15 is 0 Å². The minimum absolute atomic E-state index is 0.0411. The fourth-order valence-corrected chi connectivity index (χ4v) is 9.27. The highest BCUT2D eigenvalue weighted by molar-refractivity contribution is 8.15. The van der Waals surface area contributed by atoms with Crippen LogP contribution in [-0.4, -0.2) is 71.5 Å². The van der Waals surface area contributed by atoms with E-state index in [-0.39, 0.29) is 41.7 Å². The number of ether oxygens (including phenoxy) is 1. The maximum absolute atomic E-state index is 12.5. The van der Waals surface area contributed by atoms with Gasteiger partial charge in [0.25, 0.3) is 0 Å². The third-order valence-electron chi connectivity index (χ3n) is 6.39. The van der Waals surface area contributed by atoms with Gasteiger partial charge in [0, 0.05) is 24.3 Å². The van der Waals surface area contributed by atoms with Gasteiger partial charge in [0.2, 0.25) is 5.91 Å². The summed E-state index contributed by atoms with van der Waals surface area (Å²) in [4.78, 5) is 30.8. The number of hydrogen-bond acceptors (Lipinski definition) is 6. The highest BCUT2D eigenvalue weighted by Crippen LogP contribution is 2.51. The number of amidine groups is 1. The van der Waals surface area contributed by atoms with E-state index in [1.807, 2.05) is 0 Å². The van der Waals surface area contributed by atoms with Gasteiger partial charge in [-0.05, 0) is 51.9 Å². The molecule has 2 bridgehead atoms. The van der Waals surface area contributed by atoms with Gasteiger partial charge in [-0.25, -0.2) is 13.2 Å². The molecule has 5 atom stereocenters. The number of sulfone groups is 1. The average molecular weight is 458 g/mol. The fourth-order valence-electron chi connectivity index (χ4n) is 5.28. The first kappa shape index (κ1) is 21.9. The number of carbonyl (C=O) groups excluding carboxylic acids is 2. The summed E-state index contributed by atoms with van der Waals surface area (Å²) in [5.41, 5.74) is -0.589. The topological polar surface area (TPSA) is 105 Å². The first-order valence-electron chi connectivity index (χ1n) is 10.7. The molecule has 2 aliphatic carbocycles. The molecule has 0 unspecified atom stereocenters. The molecule has 2 aliphatic heterocycles. The number of nitrogens with one attached hydrogen (secondary N) is 1. The summed E-state index contributed by atoms with van der Waals surface area (Å²) in [7, 11) is -3.04. The van der Waals surface area contributed by atoms with E-state index in [4.69, 9.17) is 4.74 Å². The molecule has 30 heavy (non-hydrogen) atoms. The van der Waals surface area contributed by atoms with E-state index in [1.54, 1.807) is 20.8 Å². The van der Waals surface area contributed by atoms with Gasteiger partial charge in [-0.2, -0.15) is 4.99 Å². The standard InChI is InChI=1S/C20H31N3O5S2/c1-20(2,3)28-19(25)21-7-6-17(24)22-18-23(14-9-12-4-5-13(14)8-12)15-10-30(26,27)11-16(15)29-18/h12-16H,4-11H2,1-3H3,(H,21,25)/t12-,13-,14-,15-,16+/m1/s1. The molecule has 10 heteroatoms. The van der Waals surface area contributed by atoms with E-state index in [0.29, 0.717) is 17.1 Å². The molecular formula is C20H31N3O5S2. The Labute approximate surface area is 182 Å². The monoisotopic (exact) mass is 457 g/mol. The van der Waals surface area contributed by atoms with E-state index in [2.05, 4.69) is 15.2 Å². The second-order valence-electron chi connectivity index (χ2n) is 9.92. The van der Waals surface area contributed by atoms with Crippen LogP contribution in [0.15, 0.2) is 4.99 Å². The van der Waals surface area contributed by atoms with Crippen molar-refractivity contribution in [3.05, 3.63) is 0 Å². The molecule has 0 aromatic heterocycles. The Bertz CT molecular complexity index is 851. The van der Waals surface area contributed by atoms with E-state index in [0.717, 1.165) is 12.3 Å². The van der Waals surface area contributed by atoms with Crippen molar-refractivity contribution in [2.45, 2.75) is 75.8 Å². The number of thioether (sulfide) groups is 1. The van der Waals surface area contributed by atoms with Crippen LogP contribution in [0.3, 0.4) is 0 Å². The first-order valence-corrected chi connectivity index (χ1v) is 13.4. The summed E-state index contributed by atoms with van der Waals surface area (Å²) in [6, 6.07) is 0.224. The van der Waals surface area contributed by atoms with Crippen LogP contribution >= 0.6 is 11.8 Å². The van der Waals surface area contributed by atoms with Gasteiger partial charge >= 0.3 is 6.09 Å². The van der Waals surface area contributed by atoms with Crippen molar-refractivity contribution in [1.82, 2.24) is 10.2 Å². The molecule has 0 radical (unpaired) electrons. The molecule has 0 aromatic rings. The van der Waals surface area contributed by atoms with Crippen LogP contribution in [0.1, 0.15) is 52.9 Å². The molecule has 4 aliphatic rings. The predicted molar refractivity (Wildman–Crippen MR) is 116 cm³/mol. The van der Waals surface area contributed by atoms with Crippen molar-refractivity contribution in [3.63, 3.8) is 0 Å². The van der Waals surface area contributed by atoms with Gasteiger partial charge in [0.1, 0.15) is 5.60 Å². The van der Waals surface area contributed by atoms with Gasteiger partial charge in [-0.1, -0.05) is 18.2 Å².